The molecule has 0 aliphatic carbocycles. The summed E-state index contributed by atoms with van der Waals surface area (Å²) < 4.78 is 49.5. The molecule has 0 aliphatic heterocycles. The maximum Gasteiger partial charge on any atom is 0.261 e. The van der Waals surface area contributed by atoms with Gasteiger partial charge in [0.2, 0.25) is 15.9 Å². The van der Waals surface area contributed by atoms with Gasteiger partial charge in [0.25, 0.3) is 10.0 Å². The van der Waals surface area contributed by atoms with Crippen molar-refractivity contribution in [2.75, 3.05) is 11.8 Å². The van der Waals surface area contributed by atoms with Crippen molar-refractivity contribution >= 4 is 37.7 Å². The molecule has 10 heteroatoms. The van der Waals surface area contributed by atoms with Crippen LogP contribution in [0.15, 0.2) is 64.4 Å². The van der Waals surface area contributed by atoms with E-state index in [1.54, 1.807) is 18.2 Å². The van der Waals surface area contributed by atoms with E-state index in [1.807, 2.05) is 0 Å². The van der Waals surface area contributed by atoms with Gasteiger partial charge in [-0.25, -0.2) is 22.0 Å². The van der Waals surface area contributed by atoms with Crippen LogP contribution < -0.4 is 15.2 Å². The highest BCUT2D eigenvalue weighted by Gasteiger charge is 2.14. The Morgan fingerprint density at radius 3 is 1.96 bits per heavy atom. The predicted molar refractivity (Wildman–Crippen MR) is 98.2 cm³/mol. The van der Waals surface area contributed by atoms with Crippen LogP contribution in [0.1, 0.15) is 5.56 Å². The first-order valence-electron chi connectivity index (χ1n) is 7.27. The Bertz CT molecular complexity index is 1030. The Kier molecular flexibility index (Phi) is 5.80. The topological polar surface area (TPSA) is 135 Å². The van der Waals surface area contributed by atoms with Crippen molar-refractivity contribution in [1.82, 2.24) is 5.32 Å². The van der Waals surface area contributed by atoms with Gasteiger partial charge in [0.15, 0.2) is 0 Å². The second-order valence-corrected chi connectivity index (χ2v) is 8.44. The smallest absolute Gasteiger partial charge is 0.261 e. The summed E-state index contributed by atoms with van der Waals surface area (Å²) in [6.45, 7) is 0. The summed E-state index contributed by atoms with van der Waals surface area (Å²) in [5.41, 5.74) is 0.853. The molecule has 2 aromatic carbocycles. The fraction of sp³-hybridized carbons (Fsp3) is 0.0625. The summed E-state index contributed by atoms with van der Waals surface area (Å²) in [7, 11) is -6.19. The molecule has 0 aliphatic rings. The van der Waals surface area contributed by atoms with Crippen LogP contribution in [0.5, 0.6) is 0 Å². The lowest BCUT2D eigenvalue weighted by molar-refractivity contribution is -0.115. The second kappa shape index (κ2) is 7.68. The number of carbonyl (C=O) groups excluding carboxylic acids is 1. The van der Waals surface area contributed by atoms with Crippen LogP contribution in [0.3, 0.4) is 0 Å². The molecule has 0 aromatic heterocycles. The van der Waals surface area contributed by atoms with Crippen LogP contribution in [0.2, 0.25) is 0 Å². The SMILES string of the molecule is CNC(=O)/C=C/c1ccc(S(=O)(=O)Nc2ccc(S(N)(=O)=O)cc2)cc1. The van der Waals surface area contributed by atoms with E-state index in [0.29, 0.717) is 5.56 Å². The van der Waals surface area contributed by atoms with Crippen LogP contribution in [0.25, 0.3) is 6.08 Å². The largest absolute Gasteiger partial charge is 0.356 e. The van der Waals surface area contributed by atoms with E-state index in [9.17, 15) is 21.6 Å². The number of amides is 1. The third kappa shape index (κ3) is 5.15. The number of sulfonamides is 2. The maximum atomic E-state index is 12.4. The van der Waals surface area contributed by atoms with E-state index in [-0.39, 0.29) is 21.4 Å². The Morgan fingerprint density at radius 2 is 1.46 bits per heavy atom. The molecule has 0 heterocycles. The Morgan fingerprint density at radius 1 is 0.923 bits per heavy atom. The van der Waals surface area contributed by atoms with Gasteiger partial charge in [-0.3, -0.25) is 9.52 Å². The van der Waals surface area contributed by atoms with E-state index in [4.69, 9.17) is 5.14 Å². The van der Waals surface area contributed by atoms with Crippen LogP contribution >= 0.6 is 0 Å². The molecule has 0 saturated carbocycles. The summed E-state index contributed by atoms with van der Waals surface area (Å²) in [6, 6.07) is 10.9. The highest BCUT2D eigenvalue weighted by atomic mass is 32.2. The van der Waals surface area contributed by atoms with Crippen molar-refractivity contribution in [3.63, 3.8) is 0 Å². The lowest BCUT2D eigenvalue weighted by Crippen LogP contribution is -2.14. The molecule has 0 fully saturated rings. The van der Waals surface area contributed by atoms with Gasteiger partial charge in [0, 0.05) is 18.8 Å². The van der Waals surface area contributed by atoms with Crippen molar-refractivity contribution in [2.45, 2.75) is 9.79 Å². The molecule has 138 valence electrons. The number of nitrogens with two attached hydrogens (primary N) is 1. The standard InChI is InChI=1S/C16H17N3O5S2/c1-18-16(20)11-4-12-2-7-15(8-3-12)26(23,24)19-13-5-9-14(10-6-13)25(17,21)22/h2-11,19H,1H3,(H,18,20)(H2,17,21,22)/b11-4+. The number of likely N-dealkylation sites (N-methyl/N-ethyl adjacent to an activating group) is 1. The van der Waals surface area contributed by atoms with Gasteiger partial charge >= 0.3 is 0 Å². The van der Waals surface area contributed by atoms with Crippen molar-refractivity contribution in [1.29, 1.82) is 0 Å². The first-order valence-corrected chi connectivity index (χ1v) is 10.3. The number of anilines is 1. The van der Waals surface area contributed by atoms with Crippen LogP contribution in [-0.2, 0) is 24.8 Å². The van der Waals surface area contributed by atoms with E-state index in [2.05, 4.69) is 10.0 Å². The predicted octanol–water partition coefficient (Wildman–Crippen LogP) is 0.894. The van der Waals surface area contributed by atoms with Crippen molar-refractivity contribution in [2.24, 2.45) is 5.14 Å². The molecule has 0 bridgehead atoms. The van der Waals surface area contributed by atoms with Crippen molar-refractivity contribution in [3.8, 4) is 0 Å². The molecule has 0 atom stereocenters. The molecular formula is C16H17N3O5S2. The Labute approximate surface area is 151 Å². The van der Waals surface area contributed by atoms with E-state index < -0.39 is 20.0 Å². The maximum absolute atomic E-state index is 12.4. The second-order valence-electron chi connectivity index (χ2n) is 5.19. The minimum absolute atomic E-state index is 0.0186. The molecule has 1 amide bonds. The molecule has 4 N–H and O–H groups in total. The molecule has 0 saturated heterocycles. The summed E-state index contributed by atoms with van der Waals surface area (Å²) in [6.07, 6.45) is 2.88. The monoisotopic (exact) mass is 395 g/mol. The number of hydrogen-bond donors (Lipinski definition) is 3. The summed E-state index contributed by atoms with van der Waals surface area (Å²) in [5.74, 6) is -0.272. The van der Waals surface area contributed by atoms with E-state index in [1.165, 1.54) is 49.5 Å². The van der Waals surface area contributed by atoms with Gasteiger partial charge < -0.3 is 5.32 Å². The van der Waals surface area contributed by atoms with E-state index >= 15 is 0 Å². The molecular weight excluding hydrogens is 378 g/mol. The third-order valence-corrected chi connectivity index (χ3v) is 5.63. The third-order valence-electron chi connectivity index (χ3n) is 3.30. The lowest BCUT2D eigenvalue weighted by Gasteiger charge is -2.09. The number of primary sulfonamides is 1. The van der Waals surface area contributed by atoms with Gasteiger partial charge in [-0.15, -0.1) is 0 Å². The highest BCUT2D eigenvalue weighted by molar-refractivity contribution is 7.92. The zero-order valence-electron chi connectivity index (χ0n) is 13.7. The summed E-state index contributed by atoms with van der Waals surface area (Å²) in [4.78, 5) is 11.1. The van der Waals surface area contributed by atoms with Gasteiger partial charge in [-0.2, -0.15) is 0 Å². The molecule has 26 heavy (non-hydrogen) atoms. The number of rotatable bonds is 6. The fourth-order valence-electron chi connectivity index (χ4n) is 1.94. The molecule has 8 nitrogen and oxygen atoms in total. The zero-order chi connectivity index (χ0) is 19.4. The average Bonchev–Trinajstić information content (AvgIpc) is 2.59. The quantitative estimate of drug-likeness (QED) is 0.624. The fourth-order valence-corrected chi connectivity index (χ4v) is 3.51. The normalized spacial score (nSPS) is 12.1. The van der Waals surface area contributed by atoms with Gasteiger partial charge in [0.05, 0.1) is 9.79 Å². The van der Waals surface area contributed by atoms with E-state index in [0.717, 1.165) is 0 Å². The molecule has 0 spiro atoms. The van der Waals surface area contributed by atoms with Gasteiger partial charge in [-0.05, 0) is 48.0 Å². The van der Waals surface area contributed by atoms with Gasteiger partial charge in [-0.1, -0.05) is 12.1 Å². The summed E-state index contributed by atoms with van der Waals surface area (Å²) >= 11 is 0. The minimum Gasteiger partial charge on any atom is -0.356 e. The van der Waals surface area contributed by atoms with Crippen LogP contribution in [-0.4, -0.2) is 29.8 Å². The highest BCUT2D eigenvalue weighted by Crippen LogP contribution is 2.18. The Balaban J connectivity index is 2.17. The molecule has 0 radical (unpaired) electrons. The Hall–Kier alpha value is -2.69. The number of benzene rings is 2. The van der Waals surface area contributed by atoms with Crippen molar-refractivity contribution < 1.29 is 21.6 Å². The van der Waals surface area contributed by atoms with Gasteiger partial charge in [0.1, 0.15) is 0 Å². The average molecular weight is 395 g/mol. The number of nitrogens with one attached hydrogen (secondary N) is 2. The minimum atomic E-state index is -3.85. The first-order chi connectivity index (χ1) is 12.1. The van der Waals surface area contributed by atoms with Crippen LogP contribution in [0.4, 0.5) is 5.69 Å². The number of hydrogen-bond acceptors (Lipinski definition) is 5. The zero-order valence-corrected chi connectivity index (χ0v) is 15.3. The van der Waals surface area contributed by atoms with Crippen LogP contribution in [0, 0.1) is 0 Å². The first kappa shape index (κ1) is 19.6. The van der Waals surface area contributed by atoms with Crippen molar-refractivity contribution in [3.05, 3.63) is 60.2 Å². The number of carbonyl (C=O) groups is 1. The molecule has 0 unspecified atom stereocenters. The molecule has 2 rings (SSSR count). The summed E-state index contributed by atoms with van der Waals surface area (Å²) in [5, 5.41) is 7.43. The molecule has 2 aromatic rings. The lowest BCUT2D eigenvalue weighted by atomic mass is 10.2.